The molecule has 1 nitrogen and oxygen atoms in total. The second-order valence-electron chi connectivity index (χ2n) is 5.14. The molecule has 0 saturated heterocycles. The smallest absolute Gasteiger partial charge is 0.0454 e. The van der Waals surface area contributed by atoms with Crippen molar-refractivity contribution in [3.63, 3.8) is 0 Å². The van der Waals surface area contributed by atoms with Crippen LogP contribution in [0.4, 0.5) is 0 Å². The van der Waals surface area contributed by atoms with E-state index in [4.69, 9.17) is 0 Å². The summed E-state index contributed by atoms with van der Waals surface area (Å²) in [5, 5.41) is 1.31. The van der Waals surface area contributed by atoms with E-state index in [1.165, 1.54) is 16.5 Å². The average Bonchev–Trinajstić information content (AvgIpc) is 2.47. The van der Waals surface area contributed by atoms with Crippen LogP contribution in [0.1, 0.15) is 27.8 Å². The van der Waals surface area contributed by atoms with Crippen molar-refractivity contribution in [3.8, 4) is 0 Å². The van der Waals surface area contributed by atoms with Crippen molar-refractivity contribution in [2.75, 3.05) is 0 Å². The molecule has 2 aromatic rings. The number of aromatic amines is 1. The molecule has 0 amide bonds. The Kier molecular flexibility index (Phi) is 2.10. The Hall–Kier alpha value is -1.24. The SMILES string of the molecule is CC(C)(C)Cc1ccc2[nH]ccc2c1.[HH]. The molecule has 1 N–H and O–H groups in total. The molecule has 0 atom stereocenters. The van der Waals surface area contributed by atoms with Gasteiger partial charge in [-0.1, -0.05) is 26.8 Å². The first kappa shape index (κ1) is 9.32. The maximum atomic E-state index is 3.21. The monoisotopic (exact) mass is 189 g/mol. The Balaban J connectivity index is 0.00000112. The molecule has 14 heavy (non-hydrogen) atoms. The maximum Gasteiger partial charge on any atom is 0.0454 e. The summed E-state index contributed by atoms with van der Waals surface area (Å²) in [6, 6.07) is 8.78. The molecule has 0 aliphatic heterocycles. The van der Waals surface area contributed by atoms with Gasteiger partial charge in [0.15, 0.2) is 0 Å². The second kappa shape index (κ2) is 3.16. The fourth-order valence-corrected chi connectivity index (χ4v) is 1.83. The van der Waals surface area contributed by atoms with Gasteiger partial charge in [-0.2, -0.15) is 0 Å². The van der Waals surface area contributed by atoms with Crippen LogP contribution in [0.25, 0.3) is 10.9 Å². The molecule has 1 aromatic carbocycles. The van der Waals surface area contributed by atoms with Crippen molar-refractivity contribution in [1.29, 1.82) is 0 Å². The standard InChI is InChI=1S/C13H17N.H2/c1-13(2,3)9-10-4-5-12-11(8-10)6-7-14-12;/h4-8,14H,9H2,1-3H3;1H. The minimum Gasteiger partial charge on any atom is -0.361 e. The lowest BCUT2D eigenvalue weighted by atomic mass is 9.88. The molecule has 0 unspecified atom stereocenters. The first-order valence-electron chi connectivity index (χ1n) is 5.11. The molecule has 1 heteroatoms. The molecule has 1 aromatic heterocycles. The van der Waals surface area contributed by atoms with Gasteiger partial charge in [0.05, 0.1) is 0 Å². The number of H-pyrrole nitrogens is 1. The zero-order valence-corrected chi connectivity index (χ0v) is 9.09. The van der Waals surface area contributed by atoms with E-state index in [9.17, 15) is 0 Å². The highest BCUT2D eigenvalue weighted by molar-refractivity contribution is 5.79. The number of aromatic nitrogens is 1. The van der Waals surface area contributed by atoms with Crippen LogP contribution in [-0.2, 0) is 6.42 Å². The highest BCUT2D eigenvalue weighted by Crippen LogP contribution is 2.23. The minimum absolute atomic E-state index is 0. The number of fused-ring (bicyclic) bond motifs is 1. The highest BCUT2D eigenvalue weighted by Gasteiger charge is 2.11. The number of hydrogen-bond donors (Lipinski definition) is 1. The largest absolute Gasteiger partial charge is 0.361 e. The van der Waals surface area contributed by atoms with E-state index in [1.54, 1.807) is 0 Å². The molecule has 76 valence electrons. The quantitative estimate of drug-likeness (QED) is 0.698. The van der Waals surface area contributed by atoms with E-state index in [2.05, 4.69) is 50.0 Å². The molecular weight excluding hydrogens is 170 g/mol. The summed E-state index contributed by atoms with van der Waals surface area (Å²) in [4.78, 5) is 3.21. The molecule has 0 saturated carbocycles. The van der Waals surface area contributed by atoms with Crippen molar-refractivity contribution in [3.05, 3.63) is 36.0 Å². The van der Waals surface area contributed by atoms with E-state index < -0.39 is 0 Å². The summed E-state index contributed by atoms with van der Waals surface area (Å²) in [7, 11) is 0. The summed E-state index contributed by atoms with van der Waals surface area (Å²) >= 11 is 0. The van der Waals surface area contributed by atoms with Crippen molar-refractivity contribution >= 4 is 10.9 Å². The summed E-state index contributed by atoms with van der Waals surface area (Å²) in [6.45, 7) is 6.82. The lowest BCUT2D eigenvalue weighted by molar-refractivity contribution is 0.411. The van der Waals surface area contributed by atoms with Crippen LogP contribution in [0.2, 0.25) is 0 Å². The van der Waals surface area contributed by atoms with Gasteiger partial charge >= 0.3 is 0 Å². The van der Waals surface area contributed by atoms with Gasteiger partial charge in [-0.25, -0.2) is 0 Å². The lowest BCUT2D eigenvalue weighted by Gasteiger charge is -2.17. The molecule has 0 spiro atoms. The van der Waals surface area contributed by atoms with E-state index in [1.807, 2.05) is 6.20 Å². The predicted molar refractivity (Wildman–Crippen MR) is 63.6 cm³/mol. The van der Waals surface area contributed by atoms with Gasteiger partial charge in [-0.3, -0.25) is 0 Å². The number of benzene rings is 1. The first-order valence-corrected chi connectivity index (χ1v) is 5.11. The van der Waals surface area contributed by atoms with E-state index in [0.29, 0.717) is 5.41 Å². The van der Waals surface area contributed by atoms with Crippen molar-refractivity contribution in [2.45, 2.75) is 27.2 Å². The highest BCUT2D eigenvalue weighted by atomic mass is 14.7. The zero-order valence-electron chi connectivity index (χ0n) is 9.09. The second-order valence-corrected chi connectivity index (χ2v) is 5.14. The van der Waals surface area contributed by atoms with Crippen LogP contribution in [0.3, 0.4) is 0 Å². The van der Waals surface area contributed by atoms with Crippen LogP contribution >= 0.6 is 0 Å². The molecule has 0 aliphatic carbocycles. The van der Waals surface area contributed by atoms with E-state index in [-0.39, 0.29) is 1.43 Å². The van der Waals surface area contributed by atoms with Crippen LogP contribution in [0.5, 0.6) is 0 Å². The van der Waals surface area contributed by atoms with Gasteiger partial charge < -0.3 is 4.98 Å². The van der Waals surface area contributed by atoms with Crippen molar-refractivity contribution in [1.82, 2.24) is 4.98 Å². The van der Waals surface area contributed by atoms with Gasteiger partial charge in [0.1, 0.15) is 0 Å². The molecule has 0 fully saturated rings. The Morgan fingerprint density at radius 2 is 2.00 bits per heavy atom. The van der Waals surface area contributed by atoms with E-state index in [0.717, 1.165) is 6.42 Å². The van der Waals surface area contributed by atoms with Gasteiger partial charge in [0.25, 0.3) is 0 Å². The topological polar surface area (TPSA) is 15.8 Å². The summed E-state index contributed by atoms with van der Waals surface area (Å²) in [5.74, 6) is 0. The van der Waals surface area contributed by atoms with Gasteiger partial charge in [-0.05, 0) is 41.0 Å². The summed E-state index contributed by atoms with van der Waals surface area (Å²) in [6.07, 6.45) is 3.12. The molecule has 0 bridgehead atoms. The molecule has 0 radical (unpaired) electrons. The molecule has 1 heterocycles. The minimum atomic E-state index is 0. The van der Waals surface area contributed by atoms with Crippen LogP contribution in [0.15, 0.2) is 30.5 Å². The van der Waals surface area contributed by atoms with Crippen molar-refractivity contribution in [2.24, 2.45) is 5.41 Å². The fourth-order valence-electron chi connectivity index (χ4n) is 1.83. The third-order valence-electron chi connectivity index (χ3n) is 2.35. The van der Waals surface area contributed by atoms with Crippen LogP contribution in [0, 0.1) is 5.41 Å². The first-order chi connectivity index (χ1) is 6.54. The Bertz CT molecular complexity index is 437. The Morgan fingerprint density at radius 1 is 1.21 bits per heavy atom. The van der Waals surface area contributed by atoms with Gasteiger partial charge in [0.2, 0.25) is 0 Å². The molecule has 2 rings (SSSR count). The zero-order chi connectivity index (χ0) is 10.2. The predicted octanol–water partition coefficient (Wildman–Crippen LogP) is 4.00. The van der Waals surface area contributed by atoms with Crippen LogP contribution in [-0.4, -0.2) is 4.98 Å². The van der Waals surface area contributed by atoms with Crippen molar-refractivity contribution < 1.29 is 1.43 Å². The maximum absolute atomic E-state index is 3.21. The third-order valence-corrected chi connectivity index (χ3v) is 2.35. The van der Waals surface area contributed by atoms with E-state index >= 15 is 0 Å². The molecule has 0 aliphatic rings. The summed E-state index contributed by atoms with van der Waals surface area (Å²) < 4.78 is 0. The lowest BCUT2D eigenvalue weighted by Crippen LogP contribution is -2.08. The normalized spacial score (nSPS) is 12.2. The Labute approximate surface area is 86.6 Å². The number of rotatable bonds is 1. The number of nitrogens with one attached hydrogen (secondary N) is 1. The molecular formula is C13H19N. The van der Waals surface area contributed by atoms with Crippen LogP contribution < -0.4 is 0 Å². The third kappa shape index (κ3) is 1.98. The van der Waals surface area contributed by atoms with Gasteiger partial charge in [-0.15, -0.1) is 0 Å². The number of hydrogen-bond acceptors (Lipinski definition) is 0. The Morgan fingerprint density at radius 3 is 2.71 bits per heavy atom. The average molecular weight is 189 g/mol. The summed E-state index contributed by atoms with van der Waals surface area (Å²) in [5.41, 5.74) is 3.01. The fraction of sp³-hybridized carbons (Fsp3) is 0.385. The van der Waals surface area contributed by atoms with Gasteiger partial charge in [0, 0.05) is 13.1 Å².